The first-order valence-corrected chi connectivity index (χ1v) is 8.71. The summed E-state index contributed by atoms with van der Waals surface area (Å²) in [6.45, 7) is 4.57. The Labute approximate surface area is 168 Å². The molecule has 0 N–H and O–H groups in total. The van der Waals surface area contributed by atoms with Crippen molar-refractivity contribution in [2.24, 2.45) is 5.41 Å². The molecule has 0 saturated heterocycles. The SMILES string of the molecule is C=CCC1(CN(C)C)CCC(=Cc2cc(OC)c(OC)c(OC)c2)C1=O.Cl. The maximum Gasteiger partial charge on any atom is 0.203 e. The second-order valence-electron chi connectivity index (χ2n) is 6.97. The molecule has 0 spiro atoms. The van der Waals surface area contributed by atoms with E-state index in [9.17, 15) is 4.79 Å². The molecule has 1 saturated carbocycles. The normalized spacial score (nSPS) is 20.5. The Bertz CT molecular complexity index is 689. The molecule has 1 aromatic rings. The molecule has 0 heterocycles. The van der Waals surface area contributed by atoms with E-state index in [-0.39, 0.29) is 23.6 Å². The summed E-state index contributed by atoms with van der Waals surface area (Å²) in [7, 11) is 8.74. The van der Waals surface area contributed by atoms with Gasteiger partial charge in [-0.05, 0) is 62.7 Å². The molecule has 1 aromatic carbocycles. The van der Waals surface area contributed by atoms with E-state index >= 15 is 0 Å². The van der Waals surface area contributed by atoms with Crippen LogP contribution in [0, 0.1) is 5.41 Å². The standard InChI is InChI=1S/C21H29NO4.ClH/c1-7-9-21(14-22(2)3)10-8-16(20(21)23)11-15-12-17(24-4)19(26-6)18(13-15)25-5;/h7,11-13H,1,8-10,14H2,2-6H3;1H. The molecule has 5 nitrogen and oxygen atoms in total. The van der Waals surface area contributed by atoms with E-state index in [2.05, 4.69) is 11.5 Å². The number of hydrogen-bond acceptors (Lipinski definition) is 5. The molecule has 1 atom stereocenters. The molecule has 2 rings (SSSR count). The third-order valence-corrected chi connectivity index (χ3v) is 4.83. The van der Waals surface area contributed by atoms with Crippen LogP contribution in [0.2, 0.25) is 0 Å². The van der Waals surface area contributed by atoms with Crippen LogP contribution < -0.4 is 14.2 Å². The highest BCUT2D eigenvalue weighted by molar-refractivity contribution is 6.06. The number of ketones is 1. The van der Waals surface area contributed by atoms with Gasteiger partial charge in [-0.2, -0.15) is 0 Å². The summed E-state index contributed by atoms with van der Waals surface area (Å²) in [5.41, 5.74) is 1.32. The van der Waals surface area contributed by atoms with Crippen LogP contribution in [0.25, 0.3) is 6.08 Å². The second-order valence-corrected chi connectivity index (χ2v) is 6.97. The molecule has 150 valence electrons. The monoisotopic (exact) mass is 395 g/mol. The van der Waals surface area contributed by atoms with Crippen molar-refractivity contribution in [3.05, 3.63) is 35.9 Å². The van der Waals surface area contributed by atoms with E-state index in [1.807, 2.05) is 38.4 Å². The van der Waals surface area contributed by atoms with Crippen molar-refractivity contribution in [3.63, 3.8) is 0 Å². The van der Waals surface area contributed by atoms with Crippen molar-refractivity contribution >= 4 is 24.3 Å². The number of methoxy groups -OCH3 is 3. The molecule has 0 amide bonds. The highest BCUT2D eigenvalue weighted by Gasteiger charge is 2.44. The zero-order valence-corrected chi connectivity index (χ0v) is 17.6. The Morgan fingerprint density at radius 2 is 1.74 bits per heavy atom. The highest BCUT2D eigenvalue weighted by atomic mass is 35.5. The largest absolute Gasteiger partial charge is 0.493 e. The van der Waals surface area contributed by atoms with E-state index in [4.69, 9.17) is 14.2 Å². The second kappa shape index (κ2) is 9.81. The summed E-state index contributed by atoms with van der Waals surface area (Å²) in [4.78, 5) is 15.2. The fraction of sp³-hybridized carbons (Fsp3) is 0.476. The lowest BCUT2D eigenvalue weighted by Gasteiger charge is -2.29. The summed E-state index contributed by atoms with van der Waals surface area (Å²) >= 11 is 0. The molecule has 1 aliphatic carbocycles. The molecule has 0 aromatic heterocycles. The quantitative estimate of drug-likeness (QED) is 0.491. The van der Waals surface area contributed by atoms with E-state index in [1.165, 1.54) is 0 Å². The Morgan fingerprint density at radius 3 is 2.19 bits per heavy atom. The average molecular weight is 396 g/mol. The number of allylic oxidation sites excluding steroid dienone is 2. The van der Waals surface area contributed by atoms with Gasteiger partial charge in [-0.1, -0.05) is 6.08 Å². The van der Waals surface area contributed by atoms with Crippen LogP contribution in [0.15, 0.2) is 30.4 Å². The Balaban J connectivity index is 0.00000364. The third-order valence-electron chi connectivity index (χ3n) is 4.83. The van der Waals surface area contributed by atoms with E-state index in [0.717, 1.165) is 30.5 Å². The summed E-state index contributed by atoms with van der Waals surface area (Å²) in [6.07, 6.45) is 6.08. The lowest BCUT2D eigenvalue weighted by atomic mass is 9.81. The topological polar surface area (TPSA) is 48.0 Å². The molecule has 27 heavy (non-hydrogen) atoms. The van der Waals surface area contributed by atoms with Crippen LogP contribution in [0.4, 0.5) is 0 Å². The fourth-order valence-electron chi connectivity index (χ4n) is 3.76. The summed E-state index contributed by atoms with van der Waals surface area (Å²) in [6, 6.07) is 3.72. The van der Waals surface area contributed by atoms with Crippen molar-refractivity contribution in [3.8, 4) is 17.2 Å². The molecule has 0 aliphatic heterocycles. The molecular weight excluding hydrogens is 366 g/mol. The lowest BCUT2D eigenvalue weighted by Crippen LogP contribution is -2.37. The number of Topliss-reactive ketones (excluding diaryl/α,β-unsaturated/α-hetero) is 1. The highest BCUT2D eigenvalue weighted by Crippen LogP contribution is 2.44. The predicted octanol–water partition coefficient (Wildman–Crippen LogP) is 4.00. The zero-order valence-electron chi connectivity index (χ0n) is 16.8. The van der Waals surface area contributed by atoms with Crippen LogP contribution in [0.3, 0.4) is 0 Å². The van der Waals surface area contributed by atoms with Crippen LogP contribution in [0.1, 0.15) is 24.8 Å². The van der Waals surface area contributed by atoms with Gasteiger partial charge in [0.1, 0.15) is 0 Å². The Kier molecular flexibility index (Phi) is 8.38. The number of ether oxygens (including phenoxy) is 3. The van der Waals surface area contributed by atoms with Crippen molar-refractivity contribution in [1.82, 2.24) is 4.90 Å². The zero-order chi connectivity index (χ0) is 19.3. The van der Waals surface area contributed by atoms with Gasteiger partial charge in [0.25, 0.3) is 0 Å². The van der Waals surface area contributed by atoms with Crippen molar-refractivity contribution in [2.75, 3.05) is 42.0 Å². The Morgan fingerprint density at radius 1 is 1.15 bits per heavy atom. The van der Waals surface area contributed by atoms with Crippen molar-refractivity contribution < 1.29 is 19.0 Å². The summed E-state index contributed by atoms with van der Waals surface area (Å²) < 4.78 is 16.2. The minimum atomic E-state index is -0.377. The van der Waals surface area contributed by atoms with E-state index in [0.29, 0.717) is 23.7 Å². The van der Waals surface area contributed by atoms with Gasteiger partial charge in [-0.25, -0.2) is 0 Å². The molecule has 1 fully saturated rings. The number of hydrogen-bond donors (Lipinski definition) is 0. The fourth-order valence-corrected chi connectivity index (χ4v) is 3.76. The third kappa shape index (κ3) is 4.85. The molecule has 6 heteroatoms. The maximum absolute atomic E-state index is 13.2. The first-order valence-electron chi connectivity index (χ1n) is 8.71. The lowest BCUT2D eigenvalue weighted by molar-refractivity contribution is -0.123. The number of nitrogens with zero attached hydrogens (tertiary/aromatic N) is 1. The summed E-state index contributed by atoms with van der Waals surface area (Å²) in [5, 5.41) is 0. The van der Waals surface area contributed by atoms with Gasteiger partial charge in [-0.3, -0.25) is 4.79 Å². The maximum atomic E-state index is 13.2. The van der Waals surface area contributed by atoms with E-state index in [1.54, 1.807) is 21.3 Å². The van der Waals surface area contributed by atoms with Crippen LogP contribution in [0.5, 0.6) is 17.2 Å². The van der Waals surface area contributed by atoms with Crippen LogP contribution in [-0.2, 0) is 4.79 Å². The summed E-state index contributed by atoms with van der Waals surface area (Å²) in [5.74, 6) is 1.91. The van der Waals surface area contributed by atoms with Crippen LogP contribution >= 0.6 is 12.4 Å². The van der Waals surface area contributed by atoms with Gasteiger partial charge in [0.15, 0.2) is 17.3 Å². The molecular formula is C21H30ClNO4. The number of halogens is 1. The van der Waals surface area contributed by atoms with Gasteiger partial charge in [0.05, 0.1) is 21.3 Å². The first-order chi connectivity index (χ1) is 12.4. The number of rotatable bonds is 8. The smallest absolute Gasteiger partial charge is 0.203 e. The van der Waals surface area contributed by atoms with Crippen molar-refractivity contribution in [1.29, 1.82) is 0 Å². The van der Waals surface area contributed by atoms with Gasteiger partial charge >= 0.3 is 0 Å². The van der Waals surface area contributed by atoms with Gasteiger partial charge in [0.2, 0.25) is 5.75 Å². The number of benzene rings is 1. The van der Waals surface area contributed by atoms with Gasteiger partial charge < -0.3 is 19.1 Å². The Hall–Kier alpha value is -1.98. The molecule has 0 bridgehead atoms. The minimum Gasteiger partial charge on any atom is -0.493 e. The van der Waals surface area contributed by atoms with E-state index < -0.39 is 0 Å². The predicted molar refractivity (Wildman–Crippen MR) is 111 cm³/mol. The number of carbonyl (C=O) groups is 1. The van der Waals surface area contributed by atoms with Gasteiger partial charge in [-0.15, -0.1) is 19.0 Å². The first kappa shape index (κ1) is 23.1. The van der Waals surface area contributed by atoms with Crippen LogP contribution in [-0.4, -0.2) is 52.7 Å². The number of carbonyl (C=O) groups excluding carboxylic acids is 1. The average Bonchev–Trinajstić information content (AvgIpc) is 2.90. The van der Waals surface area contributed by atoms with Crippen molar-refractivity contribution in [2.45, 2.75) is 19.3 Å². The molecule has 0 radical (unpaired) electrons. The van der Waals surface area contributed by atoms with Gasteiger partial charge in [0, 0.05) is 12.0 Å². The molecule has 1 aliphatic rings. The minimum absolute atomic E-state index is 0. The molecule has 1 unspecified atom stereocenters.